The highest BCUT2D eigenvalue weighted by atomic mass is 16.2. The van der Waals surface area contributed by atoms with Crippen molar-refractivity contribution in [2.75, 3.05) is 0 Å². The molecule has 4 rings (SSSR count). The Bertz CT molecular complexity index is 930. The Labute approximate surface area is 153 Å². The van der Waals surface area contributed by atoms with Crippen LogP contribution in [-0.2, 0) is 15.0 Å². The largest absolute Gasteiger partial charge is 0.324 e. The standard InChI is InChI=1S/C23H21NO2/c1-14-4-9-17(10-5-14)23(18-11-6-15(2)7-12-18)20-19(25)13-8-16(3)21(20)24-22(23)26/h4-12H,13H2,1-3H3,(H,24,26). The summed E-state index contributed by atoms with van der Waals surface area (Å²) in [6, 6.07) is 15.8. The van der Waals surface area contributed by atoms with Gasteiger partial charge in [0.1, 0.15) is 5.41 Å². The first-order chi connectivity index (χ1) is 12.4. The molecule has 1 amide bonds. The van der Waals surface area contributed by atoms with Crippen molar-refractivity contribution in [3.63, 3.8) is 0 Å². The van der Waals surface area contributed by atoms with Gasteiger partial charge in [0.2, 0.25) is 5.91 Å². The molecule has 0 spiro atoms. The minimum absolute atomic E-state index is 0.00472. The number of allylic oxidation sites excluding steroid dienone is 2. The van der Waals surface area contributed by atoms with E-state index in [4.69, 9.17) is 0 Å². The molecule has 0 saturated heterocycles. The lowest BCUT2D eigenvalue weighted by molar-refractivity contribution is -0.124. The Kier molecular flexibility index (Phi) is 3.69. The summed E-state index contributed by atoms with van der Waals surface area (Å²) in [6.45, 7) is 5.98. The highest BCUT2D eigenvalue weighted by molar-refractivity contribution is 6.15. The maximum atomic E-state index is 13.4. The van der Waals surface area contributed by atoms with Crippen LogP contribution in [0.15, 0.2) is 71.5 Å². The molecule has 130 valence electrons. The summed E-state index contributed by atoms with van der Waals surface area (Å²) in [7, 11) is 0. The molecule has 3 nitrogen and oxygen atoms in total. The lowest BCUT2D eigenvalue weighted by atomic mass is 9.67. The molecule has 2 aliphatic rings. The first kappa shape index (κ1) is 16.5. The van der Waals surface area contributed by atoms with Crippen LogP contribution < -0.4 is 5.32 Å². The van der Waals surface area contributed by atoms with Crippen molar-refractivity contribution in [3.05, 3.63) is 93.7 Å². The number of carbonyl (C=O) groups is 2. The number of nitrogens with one attached hydrogen (secondary N) is 1. The van der Waals surface area contributed by atoms with Crippen LogP contribution in [0.3, 0.4) is 0 Å². The molecule has 26 heavy (non-hydrogen) atoms. The van der Waals surface area contributed by atoms with Gasteiger partial charge in [-0.05, 0) is 37.5 Å². The van der Waals surface area contributed by atoms with E-state index in [1.54, 1.807) is 0 Å². The number of hydrogen-bond acceptors (Lipinski definition) is 2. The van der Waals surface area contributed by atoms with Gasteiger partial charge in [-0.3, -0.25) is 9.59 Å². The van der Waals surface area contributed by atoms with E-state index in [-0.39, 0.29) is 11.7 Å². The number of aryl methyl sites for hydroxylation is 2. The quantitative estimate of drug-likeness (QED) is 0.899. The van der Waals surface area contributed by atoms with E-state index in [9.17, 15) is 9.59 Å². The van der Waals surface area contributed by atoms with Crippen molar-refractivity contribution in [3.8, 4) is 0 Å². The monoisotopic (exact) mass is 343 g/mol. The Hall–Kier alpha value is -2.94. The van der Waals surface area contributed by atoms with Gasteiger partial charge in [-0.1, -0.05) is 65.7 Å². The van der Waals surface area contributed by atoms with E-state index in [1.165, 1.54) is 0 Å². The fraction of sp³-hybridized carbons (Fsp3) is 0.217. The molecule has 0 unspecified atom stereocenters. The van der Waals surface area contributed by atoms with Gasteiger partial charge in [0.25, 0.3) is 0 Å². The lowest BCUT2D eigenvalue weighted by Crippen LogP contribution is -2.41. The molecule has 1 heterocycles. The van der Waals surface area contributed by atoms with E-state index in [2.05, 4.69) is 5.32 Å². The molecule has 0 aromatic heterocycles. The highest BCUT2D eigenvalue weighted by Crippen LogP contribution is 2.47. The first-order valence-electron chi connectivity index (χ1n) is 8.85. The molecule has 0 bridgehead atoms. The zero-order chi connectivity index (χ0) is 18.5. The number of hydrogen-bond donors (Lipinski definition) is 1. The SMILES string of the molecule is CC1=CCC(=O)C2=C1NC(=O)C2(c1ccc(C)cc1)c1ccc(C)cc1. The number of carbonyl (C=O) groups excluding carboxylic acids is 2. The summed E-state index contributed by atoms with van der Waals surface area (Å²) in [5, 5.41) is 3.00. The summed E-state index contributed by atoms with van der Waals surface area (Å²) in [4.78, 5) is 26.4. The molecule has 0 radical (unpaired) electrons. The molecular weight excluding hydrogens is 322 g/mol. The molecule has 3 heteroatoms. The van der Waals surface area contributed by atoms with Crippen molar-refractivity contribution in [1.82, 2.24) is 5.32 Å². The van der Waals surface area contributed by atoms with Crippen LogP contribution in [-0.4, -0.2) is 11.7 Å². The number of benzene rings is 2. The molecule has 1 aliphatic carbocycles. The fourth-order valence-electron chi connectivity index (χ4n) is 3.99. The normalized spacial score (nSPS) is 18.5. The van der Waals surface area contributed by atoms with Gasteiger partial charge in [-0.2, -0.15) is 0 Å². The van der Waals surface area contributed by atoms with Gasteiger partial charge in [0.05, 0.1) is 5.70 Å². The van der Waals surface area contributed by atoms with Crippen molar-refractivity contribution in [1.29, 1.82) is 0 Å². The molecular formula is C23H21NO2. The van der Waals surface area contributed by atoms with Crippen molar-refractivity contribution >= 4 is 11.7 Å². The maximum Gasteiger partial charge on any atom is 0.244 e. The lowest BCUT2D eigenvalue weighted by Gasteiger charge is -2.31. The predicted molar refractivity (Wildman–Crippen MR) is 102 cm³/mol. The summed E-state index contributed by atoms with van der Waals surface area (Å²) >= 11 is 0. The van der Waals surface area contributed by atoms with Crippen molar-refractivity contribution < 1.29 is 9.59 Å². The van der Waals surface area contributed by atoms with Crippen LogP contribution in [0.5, 0.6) is 0 Å². The van der Waals surface area contributed by atoms with Crippen LogP contribution in [0.2, 0.25) is 0 Å². The molecule has 2 aromatic rings. The van der Waals surface area contributed by atoms with Gasteiger partial charge in [-0.15, -0.1) is 0 Å². The van der Waals surface area contributed by atoms with Crippen molar-refractivity contribution in [2.24, 2.45) is 0 Å². The second-order valence-electron chi connectivity index (χ2n) is 7.20. The zero-order valence-electron chi connectivity index (χ0n) is 15.2. The van der Waals surface area contributed by atoms with E-state index >= 15 is 0 Å². The van der Waals surface area contributed by atoms with E-state index in [0.717, 1.165) is 27.8 Å². The Morgan fingerprint density at radius 2 is 1.31 bits per heavy atom. The smallest absolute Gasteiger partial charge is 0.244 e. The Morgan fingerprint density at radius 1 is 0.808 bits per heavy atom. The third-order valence-electron chi connectivity index (χ3n) is 5.44. The Balaban J connectivity index is 2.07. The second kappa shape index (κ2) is 5.80. The topological polar surface area (TPSA) is 46.2 Å². The van der Waals surface area contributed by atoms with Crippen LogP contribution in [0, 0.1) is 13.8 Å². The van der Waals surface area contributed by atoms with Gasteiger partial charge in [0, 0.05) is 12.0 Å². The molecule has 2 aromatic carbocycles. The molecule has 0 saturated carbocycles. The average Bonchev–Trinajstić information content (AvgIpc) is 2.95. The third-order valence-corrected chi connectivity index (χ3v) is 5.44. The zero-order valence-corrected chi connectivity index (χ0v) is 15.2. The summed E-state index contributed by atoms with van der Waals surface area (Å²) in [5.41, 5.74) is 5.01. The highest BCUT2D eigenvalue weighted by Gasteiger charge is 2.54. The number of rotatable bonds is 2. The van der Waals surface area contributed by atoms with Gasteiger partial charge in [-0.25, -0.2) is 0 Å². The molecule has 0 fully saturated rings. The number of Topliss-reactive ketones (excluding diaryl/α,β-unsaturated/α-hetero) is 1. The minimum Gasteiger partial charge on any atom is -0.324 e. The number of amides is 1. The average molecular weight is 343 g/mol. The van der Waals surface area contributed by atoms with Crippen LogP contribution in [0.1, 0.15) is 35.6 Å². The molecule has 1 aliphatic heterocycles. The maximum absolute atomic E-state index is 13.4. The van der Waals surface area contributed by atoms with Gasteiger partial charge in [0.15, 0.2) is 5.78 Å². The summed E-state index contributed by atoms with van der Waals surface area (Å²) in [5.74, 6) is -0.150. The predicted octanol–water partition coefficient (Wildman–Crippen LogP) is 3.89. The minimum atomic E-state index is -1.09. The van der Waals surface area contributed by atoms with Crippen LogP contribution >= 0.6 is 0 Å². The summed E-state index contributed by atoms with van der Waals surface area (Å²) in [6.07, 6.45) is 2.22. The van der Waals surface area contributed by atoms with Gasteiger partial charge < -0.3 is 5.32 Å². The molecule has 0 atom stereocenters. The fourth-order valence-corrected chi connectivity index (χ4v) is 3.99. The summed E-state index contributed by atoms with van der Waals surface area (Å²) < 4.78 is 0. The van der Waals surface area contributed by atoms with Gasteiger partial charge >= 0.3 is 0 Å². The second-order valence-corrected chi connectivity index (χ2v) is 7.20. The number of ketones is 1. The van der Waals surface area contributed by atoms with E-state index < -0.39 is 5.41 Å². The van der Waals surface area contributed by atoms with E-state index in [1.807, 2.05) is 75.4 Å². The molecule has 1 N–H and O–H groups in total. The van der Waals surface area contributed by atoms with E-state index in [0.29, 0.717) is 17.7 Å². The van der Waals surface area contributed by atoms with Crippen LogP contribution in [0.25, 0.3) is 0 Å². The first-order valence-corrected chi connectivity index (χ1v) is 8.85. The third kappa shape index (κ3) is 2.20. The Morgan fingerprint density at radius 3 is 1.81 bits per heavy atom. The van der Waals surface area contributed by atoms with Crippen molar-refractivity contribution in [2.45, 2.75) is 32.6 Å². The van der Waals surface area contributed by atoms with Crippen LogP contribution in [0.4, 0.5) is 0 Å².